The van der Waals surface area contributed by atoms with Crippen LogP contribution in [0.25, 0.3) is 5.69 Å². The van der Waals surface area contributed by atoms with Gasteiger partial charge in [-0.15, -0.1) is 0 Å². The molecule has 1 amide bonds. The van der Waals surface area contributed by atoms with Crippen molar-refractivity contribution in [3.8, 4) is 5.69 Å². The number of piperidine rings is 1. The standard InChI is InChI=1S/C19H21N3O4/c1-13-12-16(23)17(20-22(13)15-6-4-3-5-7-15)18(24)21-10-8-14(9-11-21)19(25)26-2/h3-7,12,14H,8-11H2,1-2H3. The van der Waals surface area contributed by atoms with Gasteiger partial charge in [0.1, 0.15) is 0 Å². The number of esters is 1. The van der Waals surface area contributed by atoms with Crippen molar-refractivity contribution in [1.82, 2.24) is 14.7 Å². The zero-order valence-corrected chi connectivity index (χ0v) is 14.8. The minimum absolute atomic E-state index is 0.101. The molecule has 0 saturated carbocycles. The zero-order valence-electron chi connectivity index (χ0n) is 14.8. The summed E-state index contributed by atoms with van der Waals surface area (Å²) in [7, 11) is 1.36. The molecule has 0 aliphatic carbocycles. The molecule has 1 aromatic heterocycles. The van der Waals surface area contributed by atoms with Gasteiger partial charge < -0.3 is 9.64 Å². The molecule has 7 nitrogen and oxygen atoms in total. The van der Waals surface area contributed by atoms with Crippen molar-refractivity contribution in [2.75, 3.05) is 20.2 Å². The third kappa shape index (κ3) is 3.51. The third-order valence-electron chi connectivity index (χ3n) is 4.63. The van der Waals surface area contributed by atoms with E-state index in [1.807, 2.05) is 30.3 Å². The number of carbonyl (C=O) groups is 2. The van der Waals surface area contributed by atoms with E-state index in [0.717, 1.165) is 5.69 Å². The van der Waals surface area contributed by atoms with Crippen molar-refractivity contribution in [1.29, 1.82) is 0 Å². The molecule has 0 spiro atoms. The fraction of sp³-hybridized carbons (Fsp3) is 0.368. The first kappa shape index (κ1) is 17.8. The van der Waals surface area contributed by atoms with Gasteiger partial charge in [0.25, 0.3) is 5.91 Å². The highest BCUT2D eigenvalue weighted by molar-refractivity contribution is 5.92. The van der Waals surface area contributed by atoms with Gasteiger partial charge in [0.15, 0.2) is 5.69 Å². The number of carbonyl (C=O) groups excluding carboxylic acids is 2. The summed E-state index contributed by atoms with van der Waals surface area (Å²) in [6, 6.07) is 10.8. The number of rotatable bonds is 3. The molecule has 3 rings (SSSR count). The lowest BCUT2D eigenvalue weighted by Gasteiger charge is -2.30. The van der Waals surface area contributed by atoms with Crippen LogP contribution in [0, 0.1) is 12.8 Å². The van der Waals surface area contributed by atoms with Crippen molar-refractivity contribution in [2.24, 2.45) is 5.92 Å². The minimum atomic E-state index is -0.400. The van der Waals surface area contributed by atoms with Crippen molar-refractivity contribution in [3.63, 3.8) is 0 Å². The Morgan fingerprint density at radius 2 is 1.81 bits per heavy atom. The van der Waals surface area contributed by atoms with E-state index in [1.54, 1.807) is 16.5 Å². The SMILES string of the molecule is COC(=O)C1CCN(C(=O)c2nn(-c3ccccc3)c(C)cc2=O)CC1. The monoisotopic (exact) mass is 355 g/mol. The highest BCUT2D eigenvalue weighted by Gasteiger charge is 2.30. The number of amides is 1. The van der Waals surface area contributed by atoms with Gasteiger partial charge in [-0.25, -0.2) is 4.68 Å². The summed E-state index contributed by atoms with van der Waals surface area (Å²) < 4.78 is 6.35. The second-order valence-corrected chi connectivity index (χ2v) is 6.34. The average Bonchev–Trinajstić information content (AvgIpc) is 2.68. The maximum atomic E-state index is 12.8. The number of hydrogen-bond acceptors (Lipinski definition) is 5. The molecular weight excluding hydrogens is 334 g/mol. The fourth-order valence-electron chi connectivity index (χ4n) is 3.16. The number of aryl methyl sites for hydroxylation is 1. The zero-order chi connectivity index (χ0) is 18.7. The van der Waals surface area contributed by atoms with Crippen LogP contribution in [-0.2, 0) is 9.53 Å². The number of likely N-dealkylation sites (tertiary alicyclic amines) is 1. The number of benzene rings is 1. The molecule has 2 aromatic rings. The molecule has 2 heterocycles. The average molecular weight is 355 g/mol. The van der Waals surface area contributed by atoms with E-state index in [1.165, 1.54) is 13.2 Å². The summed E-state index contributed by atoms with van der Waals surface area (Å²) in [6.45, 7) is 2.58. The van der Waals surface area contributed by atoms with Crippen LogP contribution in [0.3, 0.4) is 0 Å². The summed E-state index contributed by atoms with van der Waals surface area (Å²) >= 11 is 0. The molecule has 1 aliphatic heterocycles. The van der Waals surface area contributed by atoms with Crippen LogP contribution in [0.1, 0.15) is 29.0 Å². The van der Waals surface area contributed by atoms with E-state index in [0.29, 0.717) is 31.6 Å². The Hall–Kier alpha value is -2.96. The molecule has 1 aliphatic rings. The number of ether oxygens (including phenoxy) is 1. The van der Waals surface area contributed by atoms with E-state index in [4.69, 9.17) is 4.74 Å². The maximum absolute atomic E-state index is 12.8. The molecule has 26 heavy (non-hydrogen) atoms. The number of hydrogen-bond donors (Lipinski definition) is 0. The van der Waals surface area contributed by atoms with Crippen molar-refractivity contribution in [2.45, 2.75) is 19.8 Å². The lowest BCUT2D eigenvalue weighted by Crippen LogP contribution is -2.42. The molecule has 0 bridgehead atoms. The van der Waals surface area contributed by atoms with Crippen LogP contribution in [0.5, 0.6) is 0 Å². The molecule has 1 fully saturated rings. The van der Waals surface area contributed by atoms with Crippen LogP contribution in [0.2, 0.25) is 0 Å². The van der Waals surface area contributed by atoms with Crippen LogP contribution in [0.4, 0.5) is 0 Å². The van der Waals surface area contributed by atoms with E-state index in [9.17, 15) is 14.4 Å². The van der Waals surface area contributed by atoms with Gasteiger partial charge in [0, 0.05) is 24.8 Å². The molecule has 1 aromatic carbocycles. The highest BCUT2D eigenvalue weighted by Crippen LogP contribution is 2.19. The summed E-state index contributed by atoms with van der Waals surface area (Å²) in [5, 5.41) is 4.31. The lowest BCUT2D eigenvalue weighted by molar-refractivity contribution is -0.146. The molecule has 136 valence electrons. The Bertz CT molecular complexity index is 868. The van der Waals surface area contributed by atoms with E-state index >= 15 is 0 Å². The summed E-state index contributed by atoms with van der Waals surface area (Å²) in [5.74, 6) is -0.851. The Labute approximate surface area is 151 Å². The summed E-state index contributed by atoms with van der Waals surface area (Å²) in [4.78, 5) is 38.3. The van der Waals surface area contributed by atoms with Gasteiger partial charge in [-0.05, 0) is 31.9 Å². The van der Waals surface area contributed by atoms with E-state index in [-0.39, 0.29) is 17.6 Å². The minimum Gasteiger partial charge on any atom is -0.469 e. The Kier molecular flexibility index (Phi) is 5.16. The quantitative estimate of drug-likeness (QED) is 0.781. The fourth-order valence-corrected chi connectivity index (χ4v) is 3.16. The first-order valence-corrected chi connectivity index (χ1v) is 8.54. The van der Waals surface area contributed by atoms with Crippen LogP contribution in [0.15, 0.2) is 41.2 Å². The smallest absolute Gasteiger partial charge is 0.308 e. The third-order valence-corrected chi connectivity index (χ3v) is 4.63. The molecule has 0 atom stereocenters. The first-order chi connectivity index (χ1) is 12.5. The summed E-state index contributed by atoms with van der Waals surface area (Å²) in [5.41, 5.74) is 0.941. The molecule has 1 saturated heterocycles. The van der Waals surface area contributed by atoms with Crippen LogP contribution in [-0.4, -0.2) is 46.8 Å². The van der Waals surface area contributed by atoms with Gasteiger partial charge in [-0.2, -0.15) is 5.10 Å². The van der Waals surface area contributed by atoms with Gasteiger partial charge in [0.05, 0.1) is 18.7 Å². The lowest BCUT2D eigenvalue weighted by atomic mass is 9.97. The predicted octanol–water partition coefficient (Wildman–Crippen LogP) is 1.57. The Balaban J connectivity index is 1.84. The van der Waals surface area contributed by atoms with Crippen LogP contribution < -0.4 is 5.43 Å². The highest BCUT2D eigenvalue weighted by atomic mass is 16.5. The van der Waals surface area contributed by atoms with E-state index < -0.39 is 11.3 Å². The molecule has 7 heteroatoms. The first-order valence-electron chi connectivity index (χ1n) is 8.54. The molecule has 0 unspecified atom stereocenters. The number of methoxy groups -OCH3 is 1. The van der Waals surface area contributed by atoms with Crippen molar-refractivity contribution in [3.05, 3.63) is 58.0 Å². The molecule has 0 radical (unpaired) electrons. The normalized spacial score (nSPS) is 14.9. The second kappa shape index (κ2) is 7.51. The van der Waals surface area contributed by atoms with E-state index in [2.05, 4.69) is 5.10 Å². The van der Waals surface area contributed by atoms with Crippen molar-refractivity contribution >= 4 is 11.9 Å². The molecule has 0 N–H and O–H groups in total. The summed E-state index contributed by atoms with van der Waals surface area (Å²) in [6.07, 6.45) is 1.05. The second-order valence-electron chi connectivity index (χ2n) is 6.34. The maximum Gasteiger partial charge on any atom is 0.308 e. The number of para-hydroxylation sites is 1. The number of nitrogens with zero attached hydrogens (tertiary/aromatic N) is 3. The van der Waals surface area contributed by atoms with Crippen LogP contribution >= 0.6 is 0 Å². The largest absolute Gasteiger partial charge is 0.469 e. The van der Waals surface area contributed by atoms with Gasteiger partial charge in [-0.1, -0.05) is 18.2 Å². The topological polar surface area (TPSA) is 81.5 Å². The van der Waals surface area contributed by atoms with Gasteiger partial charge in [0.2, 0.25) is 5.43 Å². The van der Waals surface area contributed by atoms with Crippen molar-refractivity contribution < 1.29 is 14.3 Å². The molecular formula is C19H21N3O4. The van der Waals surface area contributed by atoms with Gasteiger partial charge in [-0.3, -0.25) is 14.4 Å². The Morgan fingerprint density at radius 3 is 2.42 bits per heavy atom. The van der Waals surface area contributed by atoms with Gasteiger partial charge >= 0.3 is 5.97 Å². The number of aromatic nitrogens is 2. The Morgan fingerprint density at radius 1 is 1.15 bits per heavy atom. The predicted molar refractivity (Wildman–Crippen MR) is 95.2 cm³/mol.